The van der Waals surface area contributed by atoms with E-state index in [0.29, 0.717) is 19.0 Å². The molecule has 0 radical (unpaired) electrons. The Balaban J connectivity index is 1.40. The Bertz CT molecular complexity index is 1040. The molecule has 0 saturated heterocycles. The van der Waals surface area contributed by atoms with Gasteiger partial charge in [0.25, 0.3) is 0 Å². The van der Waals surface area contributed by atoms with Gasteiger partial charge in [0, 0.05) is 31.2 Å². The molecule has 4 rings (SSSR count). The first-order valence-electron chi connectivity index (χ1n) is 10.7. The lowest BCUT2D eigenvalue weighted by Gasteiger charge is -2.19. The highest BCUT2D eigenvalue weighted by Gasteiger charge is 2.23. The number of rotatable bonds is 7. The zero-order valence-electron chi connectivity index (χ0n) is 17.8. The second-order valence-electron chi connectivity index (χ2n) is 7.45. The molecule has 2 heterocycles. The summed E-state index contributed by atoms with van der Waals surface area (Å²) in [5, 5.41) is 10.7. The van der Waals surface area contributed by atoms with E-state index >= 15 is 0 Å². The van der Waals surface area contributed by atoms with E-state index in [4.69, 9.17) is 4.99 Å². The molecule has 3 aromatic rings. The van der Waals surface area contributed by atoms with Crippen molar-refractivity contribution >= 4 is 17.6 Å². The SMILES string of the molecule is CCNC(=NCc1ccccc1Cn1cccn1)NCC(=O)N1CCc2ccccc21. The standard InChI is InChI=1S/C24H28N6O/c1-2-25-24(27-17-23(31)30-15-12-19-8-5-6-11-22(19)30)26-16-20-9-3-4-10-21(20)18-29-14-7-13-28-29/h3-11,13-14H,2,12,15-18H2,1H3,(H2,25,26,27). The monoisotopic (exact) mass is 416 g/mol. The summed E-state index contributed by atoms with van der Waals surface area (Å²) in [4.78, 5) is 19.4. The first-order valence-corrected chi connectivity index (χ1v) is 10.7. The van der Waals surface area contributed by atoms with Crippen molar-refractivity contribution in [1.82, 2.24) is 20.4 Å². The number of anilines is 1. The largest absolute Gasteiger partial charge is 0.357 e. The third kappa shape index (κ3) is 5.12. The van der Waals surface area contributed by atoms with Gasteiger partial charge in [0.1, 0.15) is 0 Å². The van der Waals surface area contributed by atoms with E-state index in [1.807, 2.05) is 59.1 Å². The molecule has 7 heteroatoms. The zero-order chi connectivity index (χ0) is 21.5. The first-order chi connectivity index (χ1) is 15.2. The molecule has 2 N–H and O–H groups in total. The van der Waals surface area contributed by atoms with Crippen LogP contribution in [0, 0.1) is 0 Å². The molecule has 0 aliphatic carbocycles. The summed E-state index contributed by atoms with van der Waals surface area (Å²) in [6, 6.07) is 18.2. The molecular formula is C24H28N6O. The van der Waals surface area contributed by atoms with Crippen molar-refractivity contribution in [1.29, 1.82) is 0 Å². The minimum absolute atomic E-state index is 0.0506. The third-order valence-electron chi connectivity index (χ3n) is 5.36. The maximum Gasteiger partial charge on any atom is 0.246 e. The van der Waals surface area contributed by atoms with Gasteiger partial charge in [-0.2, -0.15) is 5.10 Å². The molecular weight excluding hydrogens is 388 g/mol. The van der Waals surface area contributed by atoms with Crippen molar-refractivity contribution in [2.45, 2.75) is 26.4 Å². The van der Waals surface area contributed by atoms with Gasteiger partial charge in [-0.1, -0.05) is 42.5 Å². The molecule has 0 spiro atoms. The van der Waals surface area contributed by atoms with Crippen molar-refractivity contribution < 1.29 is 4.79 Å². The molecule has 0 bridgehead atoms. The van der Waals surface area contributed by atoms with E-state index in [1.165, 1.54) is 11.1 Å². The number of aromatic nitrogens is 2. The Hall–Kier alpha value is -3.61. The van der Waals surface area contributed by atoms with Gasteiger partial charge in [0.2, 0.25) is 5.91 Å². The number of hydrogen-bond donors (Lipinski definition) is 2. The number of carbonyl (C=O) groups is 1. The quantitative estimate of drug-likeness (QED) is 0.459. The number of nitrogens with one attached hydrogen (secondary N) is 2. The molecule has 1 aliphatic heterocycles. The van der Waals surface area contributed by atoms with E-state index in [9.17, 15) is 4.79 Å². The van der Waals surface area contributed by atoms with Crippen LogP contribution in [-0.4, -0.2) is 41.3 Å². The van der Waals surface area contributed by atoms with Crippen LogP contribution in [0.25, 0.3) is 0 Å². The van der Waals surface area contributed by atoms with Crippen LogP contribution in [0.2, 0.25) is 0 Å². The summed E-state index contributed by atoms with van der Waals surface area (Å²) in [7, 11) is 0. The van der Waals surface area contributed by atoms with Crippen LogP contribution >= 0.6 is 0 Å². The average Bonchev–Trinajstić information content (AvgIpc) is 3.46. The summed E-state index contributed by atoms with van der Waals surface area (Å²) in [5.41, 5.74) is 4.56. The zero-order valence-corrected chi connectivity index (χ0v) is 17.8. The Kier molecular flexibility index (Phi) is 6.62. The second kappa shape index (κ2) is 9.93. The smallest absolute Gasteiger partial charge is 0.246 e. The molecule has 1 aliphatic rings. The Morgan fingerprint density at radius 1 is 1.06 bits per heavy atom. The van der Waals surface area contributed by atoms with Gasteiger partial charge in [-0.05, 0) is 42.2 Å². The van der Waals surface area contributed by atoms with Crippen LogP contribution in [0.3, 0.4) is 0 Å². The van der Waals surface area contributed by atoms with Crippen molar-refractivity contribution in [3.8, 4) is 0 Å². The molecule has 0 unspecified atom stereocenters. The number of amides is 1. The number of benzene rings is 2. The van der Waals surface area contributed by atoms with E-state index < -0.39 is 0 Å². The van der Waals surface area contributed by atoms with Gasteiger partial charge in [0.05, 0.1) is 19.6 Å². The van der Waals surface area contributed by atoms with Crippen molar-refractivity contribution in [2.24, 2.45) is 4.99 Å². The molecule has 7 nitrogen and oxygen atoms in total. The molecule has 2 aromatic carbocycles. The number of fused-ring (bicyclic) bond motifs is 1. The summed E-state index contributed by atoms with van der Waals surface area (Å²) in [6.07, 6.45) is 4.64. The molecule has 1 aromatic heterocycles. The predicted octanol–water partition coefficient (Wildman–Crippen LogP) is 2.58. The van der Waals surface area contributed by atoms with Gasteiger partial charge < -0.3 is 15.5 Å². The van der Waals surface area contributed by atoms with Gasteiger partial charge in [-0.25, -0.2) is 4.99 Å². The van der Waals surface area contributed by atoms with Crippen LogP contribution in [0.5, 0.6) is 0 Å². The van der Waals surface area contributed by atoms with Gasteiger partial charge in [-0.15, -0.1) is 0 Å². The summed E-state index contributed by atoms with van der Waals surface area (Å²) in [6.45, 7) is 4.90. The van der Waals surface area contributed by atoms with Crippen LogP contribution in [-0.2, 0) is 24.3 Å². The fraction of sp³-hybridized carbons (Fsp3) is 0.292. The molecule has 0 atom stereocenters. The van der Waals surface area contributed by atoms with Crippen molar-refractivity contribution in [2.75, 3.05) is 24.5 Å². The van der Waals surface area contributed by atoms with Gasteiger partial charge in [0.15, 0.2) is 5.96 Å². The number of nitrogens with zero attached hydrogens (tertiary/aromatic N) is 4. The van der Waals surface area contributed by atoms with E-state index in [1.54, 1.807) is 6.20 Å². The molecule has 0 saturated carbocycles. The fourth-order valence-electron chi connectivity index (χ4n) is 3.79. The Morgan fingerprint density at radius 2 is 1.87 bits per heavy atom. The first kappa shape index (κ1) is 20.7. The number of aliphatic imine (C=N–C) groups is 1. The third-order valence-corrected chi connectivity index (χ3v) is 5.36. The maximum atomic E-state index is 12.8. The molecule has 31 heavy (non-hydrogen) atoms. The summed E-state index contributed by atoms with van der Waals surface area (Å²) < 4.78 is 1.90. The lowest BCUT2D eigenvalue weighted by atomic mass is 10.1. The number of hydrogen-bond acceptors (Lipinski definition) is 3. The normalized spacial score (nSPS) is 13.2. The molecule has 0 fully saturated rings. The average molecular weight is 417 g/mol. The van der Waals surface area contributed by atoms with E-state index in [0.717, 1.165) is 30.8 Å². The second-order valence-corrected chi connectivity index (χ2v) is 7.45. The van der Waals surface area contributed by atoms with Gasteiger partial charge >= 0.3 is 0 Å². The van der Waals surface area contributed by atoms with E-state index in [2.05, 4.69) is 33.9 Å². The topological polar surface area (TPSA) is 74.5 Å². The maximum absolute atomic E-state index is 12.8. The van der Waals surface area contributed by atoms with Crippen LogP contribution in [0.4, 0.5) is 5.69 Å². The Labute approximate surface area is 182 Å². The van der Waals surface area contributed by atoms with Crippen LogP contribution < -0.4 is 15.5 Å². The van der Waals surface area contributed by atoms with Crippen LogP contribution in [0.15, 0.2) is 72.0 Å². The lowest BCUT2D eigenvalue weighted by Crippen LogP contribution is -2.44. The summed E-state index contributed by atoms with van der Waals surface area (Å²) in [5.74, 6) is 0.687. The lowest BCUT2D eigenvalue weighted by molar-refractivity contribution is -0.117. The highest BCUT2D eigenvalue weighted by Crippen LogP contribution is 2.27. The molecule has 160 valence electrons. The molecule has 1 amide bonds. The Morgan fingerprint density at radius 3 is 2.68 bits per heavy atom. The van der Waals surface area contributed by atoms with E-state index in [-0.39, 0.29) is 12.5 Å². The fourth-order valence-corrected chi connectivity index (χ4v) is 3.79. The minimum atomic E-state index is 0.0506. The number of guanidine groups is 1. The number of carbonyl (C=O) groups excluding carboxylic acids is 1. The highest BCUT2D eigenvalue weighted by molar-refractivity contribution is 5.98. The number of para-hydroxylation sites is 1. The minimum Gasteiger partial charge on any atom is -0.357 e. The van der Waals surface area contributed by atoms with Gasteiger partial charge in [-0.3, -0.25) is 9.48 Å². The highest BCUT2D eigenvalue weighted by atomic mass is 16.2. The van der Waals surface area contributed by atoms with Crippen LogP contribution in [0.1, 0.15) is 23.6 Å². The van der Waals surface area contributed by atoms with Crippen molar-refractivity contribution in [3.05, 3.63) is 83.7 Å². The predicted molar refractivity (Wildman–Crippen MR) is 123 cm³/mol. The van der Waals surface area contributed by atoms with Crippen molar-refractivity contribution in [3.63, 3.8) is 0 Å². The summed E-state index contributed by atoms with van der Waals surface area (Å²) >= 11 is 0.